The molecule has 0 aromatic carbocycles. The Balaban J connectivity index is 3.66. The molecule has 112 valence electrons. The van der Waals surface area contributed by atoms with Crippen molar-refractivity contribution in [1.82, 2.24) is 10.6 Å². The molecule has 5 nitrogen and oxygen atoms in total. The van der Waals surface area contributed by atoms with Crippen molar-refractivity contribution < 1.29 is 14.7 Å². The molecular weight excluding hydrogens is 244 g/mol. The second-order valence-electron chi connectivity index (χ2n) is 5.23. The van der Waals surface area contributed by atoms with Crippen molar-refractivity contribution in [3.63, 3.8) is 0 Å². The molecule has 0 aromatic heterocycles. The van der Waals surface area contributed by atoms with Gasteiger partial charge in [0.25, 0.3) is 0 Å². The Morgan fingerprint density at radius 2 is 1.63 bits per heavy atom. The highest BCUT2D eigenvalue weighted by Crippen LogP contribution is 2.04. The fourth-order valence-electron chi connectivity index (χ4n) is 1.81. The quantitative estimate of drug-likeness (QED) is 0.535. The first-order chi connectivity index (χ1) is 8.99. The number of unbranched alkanes of at least 4 members (excludes halogenated alkanes) is 5. The number of carbonyl (C=O) groups is 2. The predicted molar refractivity (Wildman–Crippen MR) is 76.2 cm³/mol. The SMILES string of the molecule is CCCCCCCCNC(=O)N[C@@H](C(=O)O)C(C)C. The molecule has 0 fully saturated rings. The first kappa shape index (κ1) is 17.7. The smallest absolute Gasteiger partial charge is 0.326 e. The van der Waals surface area contributed by atoms with Crippen molar-refractivity contribution in [3.8, 4) is 0 Å². The molecule has 0 unspecified atom stereocenters. The van der Waals surface area contributed by atoms with E-state index in [2.05, 4.69) is 17.6 Å². The number of urea groups is 1. The van der Waals surface area contributed by atoms with Crippen molar-refractivity contribution in [2.45, 2.75) is 65.3 Å². The average Bonchev–Trinajstić information content (AvgIpc) is 2.34. The standard InChI is InChI=1S/C14H28N2O3/c1-4-5-6-7-8-9-10-15-14(19)16-12(11(2)3)13(17)18/h11-12H,4-10H2,1-3H3,(H,17,18)(H2,15,16,19)/t12-/m1/s1. The average molecular weight is 272 g/mol. The van der Waals surface area contributed by atoms with E-state index in [1.165, 1.54) is 25.7 Å². The minimum atomic E-state index is -0.996. The van der Waals surface area contributed by atoms with Crippen LogP contribution in [0.2, 0.25) is 0 Å². The van der Waals surface area contributed by atoms with Crippen LogP contribution in [0.15, 0.2) is 0 Å². The molecule has 0 bridgehead atoms. The number of nitrogens with one attached hydrogen (secondary N) is 2. The zero-order chi connectivity index (χ0) is 14.7. The molecule has 0 aliphatic rings. The van der Waals surface area contributed by atoms with E-state index in [9.17, 15) is 9.59 Å². The van der Waals surface area contributed by atoms with Gasteiger partial charge in [-0.1, -0.05) is 52.9 Å². The van der Waals surface area contributed by atoms with Crippen LogP contribution in [-0.4, -0.2) is 29.7 Å². The van der Waals surface area contributed by atoms with Gasteiger partial charge in [0, 0.05) is 6.54 Å². The number of amides is 2. The van der Waals surface area contributed by atoms with Crippen LogP contribution >= 0.6 is 0 Å². The summed E-state index contributed by atoms with van der Waals surface area (Å²) in [7, 11) is 0. The van der Waals surface area contributed by atoms with Crippen molar-refractivity contribution in [3.05, 3.63) is 0 Å². The largest absolute Gasteiger partial charge is 0.480 e. The maximum absolute atomic E-state index is 11.5. The molecule has 1 atom stereocenters. The molecule has 0 rings (SSSR count). The lowest BCUT2D eigenvalue weighted by molar-refractivity contribution is -0.140. The topological polar surface area (TPSA) is 78.4 Å². The van der Waals surface area contributed by atoms with Gasteiger partial charge in [0.2, 0.25) is 0 Å². The second-order valence-corrected chi connectivity index (χ2v) is 5.23. The number of carboxylic acids is 1. The Morgan fingerprint density at radius 1 is 1.05 bits per heavy atom. The van der Waals surface area contributed by atoms with Gasteiger partial charge in [0.05, 0.1) is 0 Å². The zero-order valence-electron chi connectivity index (χ0n) is 12.4. The number of rotatable bonds is 10. The number of aliphatic carboxylic acids is 1. The molecule has 2 amide bonds. The summed E-state index contributed by atoms with van der Waals surface area (Å²) in [5.74, 6) is -1.12. The summed E-state index contributed by atoms with van der Waals surface area (Å²) in [5.41, 5.74) is 0. The van der Waals surface area contributed by atoms with Gasteiger partial charge < -0.3 is 15.7 Å². The van der Waals surface area contributed by atoms with E-state index in [-0.39, 0.29) is 5.92 Å². The number of hydrogen-bond acceptors (Lipinski definition) is 2. The molecule has 0 aliphatic heterocycles. The fourth-order valence-corrected chi connectivity index (χ4v) is 1.81. The Labute approximate surface area is 116 Å². The lowest BCUT2D eigenvalue weighted by atomic mass is 10.1. The third-order valence-corrected chi connectivity index (χ3v) is 3.04. The summed E-state index contributed by atoms with van der Waals surface area (Å²) in [6, 6.07) is -1.22. The van der Waals surface area contributed by atoms with E-state index in [0.717, 1.165) is 12.8 Å². The van der Waals surface area contributed by atoms with Crippen LogP contribution in [-0.2, 0) is 4.79 Å². The Kier molecular flexibility index (Phi) is 9.94. The van der Waals surface area contributed by atoms with E-state index in [4.69, 9.17) is 5.11 Å². The second kappa shape index (κ2) is 10.6. The van der Waals surface area contributed by atoms with Gasteiger partial charge >= 0.3 is 12.0 Å². The molecule has 5 heteroatoms. The highest BCUT2D eigenvalue weighted by atomic mass is 16.4. The van der Waals surface area contributed by atoms with E-state index in [1.807, 2.05) is 0 Å². The third-order valence-electron chi connectivity index (χ3n) is 3.04. The van der Waals surface area contributed by atoms with E-state index in [0.29, 0.717) is 6.54 Å². The first-order valence-corrected chi connectivity index (χ1v) is 7.26. The minimum absolute atomic E-state index is 0.128. The Morgan fingerprint density at radius 3 is 2.16 bits per heavy atom. The lowest BCUT2D eigenvalue weighted by Crippen LogP contribution is -2.48. The van der Waals surface area contributed by atoms with Gasteiger partial charge in [0.1, 0.15) is 6.04 Å². The van der Waals surface area contributed by atoms with Crippen LogP contribution in [0.4, 0.5) is 4.79 Å². The Hall–Kier alpha value is -1.26. The molecule has 0 saturated carbocycles. The van der Waals surface area contributed by atoms with E-state index < -0.39 is 18.0 Å². The molecule has 0 radical (unpaired) electrons. The number of carbonyl (C=O) groups excluding carboxylic acids is 1. The van der Waals surface area contributed by atoms with Crippen molar-refractivity contribution >= 4 is 12.0 Å². The van der Waals surface area contributed by atoms with Crippen LogP contribution in [0.25, 0.3) is 0 Å². The third kappa shape index (κ3) is 9.33. The fraction of sp³-hybridized carbons (Fsp3) is 0.857. The van der Waals surface area contributed by atoms with E-state index >= 15 is 0 Å². The van der Waals surface area contributed by atoms with Crippen LogP contribution in [0.3, 0.4) is 0 Å². The molecule has 3 N–H and O–H groups in total. The normalized spacial score (nSPS) is 12.2. The van der Waals surface area contributed by atoms with Crippen molar-refractivity contribution in [2.24, 2.45) is 5.92 Å². The van der Waals surface area contributed by atoms with Gasteiger partial charge in [-0.2, -0.15) is 0 Å². The molecule has 0 saturated heterocycles. The molecular formula is C14H28N2O3. The summed E-state index contributed by atoms with van der Waals surface area (Å²) in [6.45, 7) is 6.32. The van der Waals surface area contributed by atoms with Crippen LogP contribution in [0.5, 0.6) is 0 Å². The summed E-state index contributed by atoms with van der Waals surface area (Å²) in [5, 5.41) is 14.1. The number of carboxylic acid groups (broad SMARTS) is 1. The molecule has 0 aliphatic carbocycles. The molecule has 19 heavy (non-hydrogen) atoms. The monoisotopic (exact) mass is 272 g/mol. The Bertz CT molecular complexity index is 267. The first-order valence-electron chi connectivity index (χ1n) is 7.26. The zero-order valence-corrected chi connectivity index (χ0v) is 12.4. The van der Waals surface area contributed by atoms with Crippen LogP contribution < -0.4 is 10.6 Å². The summed E-state index contributed by atoms with van der Waals surface area (Å²) >= 11 is 0. The van der Waals surface area contributed by atoms with Crippen LogP contribution in [0, 0.1) is 5.92 Å². The summed E-state index contributed by atoms with van der Waals surface area (Å²) < 4.78 is 0. The maximum Gasteiger partial charge on any atom is 0.326 e. The lowest BCUT2D eigenvalue weighted by Gasteiger charge is -2.18. The van der Waals surface area contributed by atoms with Crippen molar-refractivity contribution in [1.29, 1.82) is 0 Å². The van der Waals surface area contributed by atoms with Gasteiger partial charge in [-0.05, 0) is 12.3 Å². The maximum atomic E-state index is 11.5. The summed E-state index contributed by atoms with van der Waals surface area (Å²) in [6.07, 6.45) is 6.98. The predicted octanol–water partition coefficient (Wildman–Crippen LogP) is 2.76. The van der Waals surface area contributed by atoms with Gasteiger partial charge in [-0.3, -0.25) is 0 Å². The minimum Gasteiger partial charge on any atom is -0.480 e. The number of hydrogen-bond donors (Lipinski definition) is 3. The van der Waals surface area contributed by atoms with Gasteiger partial charge in [-0.25, -0.2) is 9.59 Å². The van der Waals surface area contributed by atoms with Gasteiger partial charge in [0.15, 0.2) is 0 Å². The van der Waals surface area contributed by atoms with E-state index in [1.54, 1.807) is 13.8 Å². The highest BCUT2D eigenvalue weighted by Gasteiger charge is 2.22. The van der Waals surface area contributed by atoms with Gasteiger partial charge in [-0.15, -0.1) is 0 Å². The highest BCUT2D eigenvalue weighted by molar-refractivity contribution is 5.82. The summed E-state index contributed by atoms with van der Waals surface area (Å²) in [4.78, 5) is 22.4. The van der Waals surface area contributed by atoms with Crippen LogP contribution in [0.1, 0.15) is 59.3 Å². The molecule has 0 aromatic rings. The molecule has 0 spiro atoms. The van der Waals surface area contributed by atoms with Crippen molar-refractivity contribution in [2.75, 3.05) is 6.54 Å². The molecule has 0 heterocycles.